The van der Waals surface area contributed by atoms with Gasteiger partial charge in [-0.25, -0.2) is 0 Å². The number of Topliss-reactive ketones (excluding diaryl/α,β-unsaturated/α-hetero) is 2. The number of rotatable bonds is 8. The maximum atomic E-state index is 11.3. The number of hydrogen-bond donors (Lipinski definition) is 2. The van der Waals surface area contributed by atoms with Gasteiger partial charge in [-0.15, -0.1) is 23.2 Å². The van der Waals surface area contributed by atoms with Crippen LogP contribution in [0.5, 0.6) is 0 Å². The van der Waals surface area contributed by atoms with Crippen molar-refractivity contribution < 1.29 is 36.2 Å². The van der Waals surface area contributed by atoms with Gasteiger partial charge in [0.2, 0.25) is 11.8 Å². The number of carbonyl (C=O) groups excluding carboxylic acids is 4. The van der Waals surface area contributed by atoms with Crippen molar-refractivity contribution in [1.82, 2.24) is 0 Å². The minimum Gasteiger partial charge on any atom is -0.324 e. The Bertz CT molecular complexity index is 839. The molecule has 2 rings (SSSR count). The molecule has 0 heterocycles. The van der Waals surface area contributed by atoms with E-state index in [1.807, 2.05) is 0 Å². The van der Waals surface area contributed by atoms with Crippen molar-refractivity contribution in [1.29, 1.82) is 0 Å². The number of nitrogens with one attached hydrogen (secondary N) is 2. The molecule has 6 nitrogen and oxygen atoms in total. The summed E-state index contributed by atoms with van der Waals surface area (Å²) in [5, 5.41) is 5.92. The van der Waals surface area contributed by atoms with Crippen LogP contribution in [0.3, 0.4) is 0 Å². The van der Waals surface area contributed by atoms with E-state index in [-0.39, 0.29) is 53.2 Å². The van der Waals surface area contributed by atoms with Crippen molar-refractivity contribution in [3.05, 3.63) is 58.6 Å². The van der Waals surface area contributed by atoms with Crippen LogP contribution in [-0.4, -0.2) is 35.1 Å². The number of anilines is 2. The number of benzene rings is 2. The van der Waals surface area contributed by atoms with Crippen LogP contribution >= 0.6 is 46.4 Å². The maximum Gasteiger partial charge on any atom is 0.231 e. The molecular formula is C20H18Cl4CuN2O4. The Morgan fingerprint density at radius 1 is 0.645 bits per heavy atom. The van der Waals surface area contributed by atoms with Crippen LogP contribution in [-0.2, 0) is 36.2 Å². The third-order valence-corrected chi connectivity index (χ3v) is 4.56. The molecule has 171 valence electrons. The quantitative estimate of drug-likeness (QED) is 0.274. The van der Waals surface area contributed by atoms with Gasteiger partial charge in [-0.05, 0) is 24.3 Å². The largest absolute Gasteiger partial charge is 0.324 e. The number of amides is 2. The van der Waals surface area contributed by atoms with E-state index in [0.29, 0.717) is 21.4 Å². The average Bonchev–Trinajstić information content (AvgIpc) is 2.71. The summed E-state index contributed by atoms with van der Waals surface area (Å²) in [4.78, 5) is 44.3. The molecule has 0 fully saturated rings. The summed E-state index contributed by atoms with van der Waals surface area (Å²) in [6.07, 6.45) is -0.455. The van der Waals surface area contributed by atoms with Crippen molar-refractivity contribution in [3.8, 4) is 0 Å². The molecule has 0 unspecified atom stereocenters. The van der Waals surface area contributed by atoms with Crippen LogP contribution in [0.15, 0.2) is 48.5 Å². The van der Waals surface area contributed by atoms with E-state index in [2.05, 4.69) is 10.6 Å². The molecule has 2 N–H and O–H groups in total. The van der Waals surface area contributed by atoms with Gasteiger partial charge in [0.15, 0.2) is 11.6 Å². The number of carbonyl (C=O) groups is 4. The number of ketones is 2. The van der Waals surface area contributed by atoms with Gasteiger partial charge in [0.05, 0.1) is 46.0 Å². The predicted octanol–water partition coefficient (Wildman–Crippen LogP) is 4.95. The Labute approximate surface area is 210 Å². The molecular weight excluding hydrogens is 538 g/mol. The second kappa shape index (κ2) is 16.1. The fraction of sp³-hybridized carbons (Fsp3) is 0.200. The first-order valence-corrected chi connectivity index (χ1v) is 10.3. The van der Waals surface area contributed by atoms with Gasteiger partial charge >= 0.3 is 0 Å². The van der Waals surface area contributed by atoms with Gasteiger partial charge in [0.25, 0.3) is 0 Å². The zero-order valence-corrected chi connectivity index (χ0v) is 19.9. The van der Waals surface area contributed by atoms with E-state index in [9.17, 15) is 19.2 Å². The third kappa shape index (κ3) is 12.1. The maximum absolute atomic E-state index is 11.3. The topological polar surface area (TPSA) is 92.3 Å². The van der Waals surface area contributed by atoms with Crippen molar-refractivity contribution in [2.24, 2.45) is 0 Å². The molecule has 2 aromatic rings. The molecule has 0 aliphatic rings. The third-order valence-electron chi connectivity index (χ3n) is 3.31. The molecule has 2 aromatic carbocycles. The molecule has 1 radical (unpaired) electrons. The molecule has 2 amide bonds. The van der Waals surface area contributed by atoms with Gasteiger partial charge in [0, 0.05) is 17.1 Å². The number of para-hydroxylation sites is 2. The summed E-state index contributed by atoms with van der Waals surface area (Å²) in [5.41, 5.74) is 0.984. The van der Waals surface area contributed by atoms with Gasteiger partial charge in [0.1, 0.15) is 0 Å². The van der Waals surface area contributed by atoms with Crippen LogP contribution in [0.25, 0.3) is 0 Å². The predicted molar refractivity (Wildman–Crippen MR) is 121 cm³/mol. The van der Waals surface area contributed by atoms with E-state index in [0.717, 1.165) is 0 Å². The van der Waals surface area contributed by atoms with Crippen LogP contribution < -0.4 is 10.6 Å². The van der Waals surface area contributed by atoms with Crippen molar-refractivity contribution in [3.63, 3.8) is 0 Å². The molecule has 0 atom stereocenters. The molecule has 0 aromatic heterocycles. The Balaban J connectivity index is 0.000000562. The molecule has 31 heavy (non-hydrogen) atoms. The van der Waals surface area contributed by atoms with Crippen LogP contribution in [0, 0.1) is 0 Å². The summed E-state index contributed by atoms with van der Waals surface area (Å²) in [7, 11) is 0. The molecule has 0 aliphatic carbocycles. The second-order valence-corrected chi connectivity index (χ2v) is 7.10. The van der Waals surface area contributed by atoms with E-state index in [1.54, 1.807) is 48.5 Å². The van der Waals surface area contributed by atoms with Gasteiger partial charge in [-0.2, -0.15) is 0 Å². The van der Waals surface area contributed by atoms with Crippen molar-refractivity contribution in [2.75, 3.05) is 22.4 Å². The summed E-state index contributed by atoms with van der Waals surface area (Å²) >= 11 is 22.2. The minimum absolute atomic E-state index is 0. The Morgan fingerprint density at radius 2 is 0.968 bits per heavy atom. The fourth-order valence-corrected chi connectivity index (χ4v) is 2.52. The first kappa shape index (κ1) is 29.4. The molecule has 0 saturated carbocycles. The van der Waals surface area contributed by atoms with E-state index < -0.39 is 11.8 Å². The van der Waals surface area contributed by atoms with E-state index in [4.69, 9.17) is 46.4 Å². The molecule has 11 heteroatoms. The van der Waals surface area contributed by atoms with E-state index in [1.165, 1.54) is 0 Å². The number of halogens is 4. The number of alkyl halides is 2. The van der Waals surface area contributed by atoms with Crippen LogP contribution in [0.2, 0.25) is 10.0 Å². The smallest absolute Gasteiger partial charge is 0.231 e. The monoisotopic (exact) mass is 553 g/mol. The van der Waals surface area contributed by atoms with Gasteiger partial charge < -0.3 is 10.6 Å². The van der Waals surface area contributed by atoms with Crippen molar-refractivity contribution in [2.45, 2.75) is 12.8 Å². The normalized spacial score (nSPS) is 9.42. The van der Waals surface area contributed by atoms with Gasteiger partial charge in [-0.1, -0.05) is 47.5 Å². The molecule has 0 bridgehead atoms. The standard InChI is InChI=1S/2C10H9Cl2NO2.Cu/c2*11-6-7(14)5-10(15)13-9-4-2-1-3-8(9)12;/h2*1-4H,5-6H2,(H,13,15);. The summed E-state index contributed by atoms with van der Waals surface area (Å²) in [6, 6.07) is 13.6. The van der Waals surface area contributed by atoms with Gasteiger partial charge in [-0.3, -0.25) is 19.2 Å². The van der Waals surface area contributed by atoms with E-state index >= 15 is 0 Å². The fourth-order valence-electron chi connectivity index (χ4n) is 1.97. The molecule has 0 spiro atoms. The zero-order chi connectivity index (χ0) is 22.5. The summed E-state index contributed by atoms with van der Waals surface area (Å²) in [6.45, 7) is 0. The first-order chi connectivity index (χ1) is 14.3. The Morgan fingerprint density at radius 3 is 1.26 bits per heavy atom. The van der Waals surface area contributed by atoms with Crippen LogP contribution in [0.4, 0.5) is 11.4 Å². The molecule has 0 saturated heterocycles. The van der Waals surface area contributed by atoms with Crippen molar-refractivity contribution >= 4 is 81.2 Å². The van der Waals surface area contributed by atoms with Crippen LogP contribution in [0.1, 0.15) is 12.8 Å². The summed E-state index contributed by atoms with van der Waals surface area (Å²) < 4.78 is 0. The SMILES string of the molecule is O=C(CCl)CC(=O)Nc1ccccc1Cl.O=C(CCl)CC(=O)Nc1ccccc1Cl.[Cu]. The minimum atomic E-state index is -0.409. The second-order valence-electron chi connectivity index (χ2n) is 5.75. The first-order valence-electron chi connectivity index (χ1n) is 8.51. The average molecular weight is 556 g/mol. The summed E-state index contributed by atoms with van der Waals surface area (Å²) in [5.74, 6) is -1.77. The molecule has 0 aliphatic heterocycles. The number of hydrogen-bond acceptors (Lipinski definition) is 4. The Kier molecular flexibility index (Phi) is 15.3. The zero-order valence-electron chi connectivity index (χ0n) is 15.9. The Hall–Kier alpha value is -1.60.